The van der Waals surface area contributed by atoms with E-state index in [1.165, 1.54) is 31.6 Å². The summed E-state index contributed by atoms with van der Waals surface area (Å²) in [7, 11) is -2.40. The molecule has 146 valence electrons. The van der Waals surface area contributed by atoms with Crippen LogP contribution in [-0.4, -0.2) is 36.1 Å². The van der Waals surface area contributed by atoms with E-state index in [0.29, 0.717) is 6.54 Å². The number of amides is 1. The van der Waals surface area contributed by atoms with Crippen LogP contribution >= 0.6 is 11.6 Å². The molecule has 1 aromatic heterocycles. The molecule has 0 aliphatic carbocycles. The molecule has 0 saturated heterocycles. The molecule has 1 atom stereocenters. The predicted octanol–water partition coefficient (Wildman–Crippen LogP) is 2.01. The number of hydrogen-bond donors (Lipinski definition) is 2. The SMILES string of the molecule is CNS(=O)(=O)c1ccc(Cl)c(C(=O)NC(Cn2cncn2)c2ccccc2)c1. The Morgan fingerprint density at radius 3 is 2.61 bits per heavy atom. The van der Waals surface area contributed by atoms with Crippen LogP contribution in [0.2, 0.25) is 5.02 Å². The summed E-state index contributed by atoms with van der Waals surface area (Å²) in [4.78, 5) is 16.8. The molecule has 28 heavy (non-hydrogen) atoms. The Labute approximate surface area is 167 Å². The number of nitrogens with zero attached hydrogens (tertiary/aromatic N) is 3. The molecule has 2 aromatic carbocycles. The highest BCUT2D eigenvalue weighted by atomic mass is 35.5. The Morgan fingerprint density at radius 1 is 1.21 bits per heavy atom. The Bertz CT molecular complexity index is 1060. The van der Waals surface area contributed by atoms with Gasteiger partial charge in [0, 0.05) is 0 Å². The zero-order valence-electron chi connectivity index (χ0n) is 14.9. The number of rotatable bonds is 7. The molecule has 8 nitrogen and oxygen atoms in total. The Hall–Kier alpha value is -2.75. The molecule has 1 amide bonds. The molecule has 0 radical (unpaired) electrons. The largest absolute Gasteiger partial charge is 0.343 e. The van der Waals surface area contributed by atoms with E-state index in [1.54, 1.807) is 11.0 Å². The van der Waals surface area contributed by atoms with Gasteiger partial charge in [-0.25, -0.2) is 18.1 Å². The fourth-order valence-corrected chi connectivity index (χ4v) is 3.59. The molecular formula is C18H18ClN5O3S. The van der Waals surface area contributed by atoms with Gasteiger partial charge in [0.2, 0.25) is 10.0 Å². The van der Waals surface area contributed by atoms with Crippen molar-refractivity contribution in [3.8, 4) is 0 Å². The van der Waals surface area contributed by atoms with Gasteiger partial charge in [-0.1, -0.05) is 41.9 Å². The third kappa shape index (κ3) is 4.56. The molecule has 0 saturated carbocycles. The maximum Gasteiger partial charge on any atom is 0.253 e. The number of carbonyl (C=O) groups excluding carboxylic acids is 1. The van der Waals surface area contributed by atoms with Crippen molar-refractivity contribution < 1.29 is 13.2 Å². The van der Waals surface area contributed by atoms with E-state index >= 15 is 0 Å². The van der Waals surface area contributed by atoms with Crippen molar-refractivity contribution in [1.82, 2.24) is 24.8 Å². The molecule has 0 bridgehead atoms. The Balaban J connectivity index is 1.91. The van der Waals surface area contributed by atoms with Gasteiger partial charge in [-0.2, -0.15) is 5.10 Å². The van der Waals surface area contributed by atoms with Gasteiger partial charge in [0.15, 0.2) is 0 Å². The summed E-state index contributed by atoms with van der Waals surface area (Å²) in [5.41, 5.74) is 0.930. The fourth-order valence-electron chi connectivity index (χ4n) is 2.63. The standard InChI is InChI=1S/C18H18ClN5O3S/c1-20-28(26,27)14-7-8-16(19)15(9-14)18(25)23-17(10-24-12-21-11-22-24)13-5-3-2-4-6-13/h2-9,11-12,17,20H,10H2,1H3,(H,23,25). The summed E-state index contributed by atoms with van der Waals surface area (Å²) >= 11 is 6.15. The monoisotopic (exact) mass is 419 g/mol. The zero-order valence-corrected chi connectivity index (χ0v) is 16.5. The topological polar surface area (TPSA) is 106 Å². The first-order valence-corrected chi connectivity index (χ1v) is 10.2. The van der Waals surface area contributed by atoms with Crippen LogP contribution in [0.25, 0.3) is 0 Å². The molecular weight excluding hydrogens is 402 g/mol. The first-order valence-electron chi connectivity index (χ1n) is 8.32. The average Bonchev–Trinajstić information content (AvgIpc) is 3.21. The first-order chi connectivity index (χ1) is 13.4. The number of sulfonamides is 1. The second-order valence-corrected chi connectivity index (χ2v) is 8.20. The maximum atomic E-state index is 12.9. The average molecular weight is 420 g/mol. The predicted molar refractivity (Wildman–Crippen MR) is 104 cm³/mol. The van der Waals surface area contributed by atoms with Crippen molar-refractivity contribution >= 4 is 27.5 Å². The van der Waals surface area contributed by atoms with Crippen LogP contribution in [-0.2, 0) is 16.6 Å². The van der Waals surface area contributed by atoms with Gasteiger partial charge in [0.1, 0.15) is 12.7 Å². The summed E-state index contributed by atoms with van der Waals surface area (Å²) in [6, 6.07) is 12.9. The van der Waals surface area contributed by atoms with E-state index in [0.717, 1.165) is 5.56 Å². The molecule has 1 unspecified atom stereocenters. The first kappa shape index (κ1) is 20.0. The molecule has 3 aromatic rings. The number of hydrogen-bond acceptors (Lipinski definition) is 5. The van der Waals surface area contributed by atoms with Crippen molar-refractivity contribution in [2.45, 2.75) is 17.5 Å². The highest BCUT2D eigenvalue weighted by Crippen LogP contribution is 2.22. The second kappa shape index (κ2) is 8.51. The number of carbonyl (C=O) groups is 1. The van der Waals surface area contributed by atoms with Gasteiger partial charge >= 0.3 is 0 Å². The highest BCUT2D eigenvalue weighted by Gasteiger charge is 2.21. The van der Waals surface area contributed by atoms with Crippen LogP contribution in [0.3, 0.4) is 0 Å². The van der Waals surface area contributed by atoms with Crippen LogP contribution in [0, 0.1) is 0 Å². The third-order valence-corrected chi connectivity index (χ3v) is 5.85. The van der Waals surface area contributed by atoms with Crippen LogP contribution < -0.4 is 10.0 Å². The van der Waals surface area contributed by atoms with Gasteiger partial charge in [0.05, 0.1) is 28.1 Å². The molecule has 10 heteroatoms. The lowest BCUT2D eigenvalue weighted by molar-refractivity contribution is 0.0931. The van der Waals surface area contributed by atoms with Gasteiger partial charge in [-0.05, 0) is 30.8 Å². The normalized spacial score (nSPS) is 12.5. The number of halogens is 1. The lowest BCUT2D eigenvalue weighted by atomic mass is 10.1. The van der Waals surface area contributed by atoms with E-state index in [-0.39, 0.29) is 15.5 Å². The van der Waals surface area contributed by atoms with E-state index in [9.17, 15) is 13.2 Å². The van der Waals surface area contributed by atoms with Gasteiger partial charge in [0.25, 0.3) is 5.91 Å². The van der Waals surface area contributed by atoms with E-state index in [2.05, 4.69) is 20.1 Å². The Kier molecular flexibility index (Phi) is 6.08. The van der Waals surface area contributed by atoms with Crippen molar-refractivity contribution in [2.24, 2.45) is 0 Å². The minimum absolute atomic E-state index is 0.0444. The van der Waals surface area contributed by atoms with Crippen molar-refractivity contribution in [2.75, 3.05) is 7.05 Å². The third-order valence-electron chi connectivity index (χ3n) is 4.10. The number of benzene rings is 2. The fraction of sp³-hybridized carbons (Fsp3) is 0.167. The van der Waals surface area contributed by atoms with Gasteiger partial charge in [-0.15, -0.1) is 0 Å². The van der Waals surface area contributed by atoms with Crippen molar-refractivity contribution in [3.63, 3.8) is 0 Å². The highest BCUT2D eigenvalue weighted by molar-refractivity contribution is 7.89. The quantitative estimate of drug-likeness (QED) is 0.609. The molecule has 0 fully saturated rings. The summed E-state index contributed by atoms with van der Waals surface area (Å²) in [6.07, 6.45) is 2.96. The lowest BCUT2D eigenvalue weighted by Gasteiger charge is -2.20. The van der Waals surface area contributed by atoms with Gasteiger partial charge < -0.3 is 5.32 Å². The van der Waals surface area contributed by atoms with Crippen LogP contribution in [0.1, 0.15) is 22.0 Å². The summed E-state index contributed by atoms with van der Waals surface area (Å²) in [5.74, 6) is -0.493. The zero-order chi connectivity index (χ0) is 20.1. The van der Waals surface area contributed by atoms with Crippen LogP contribution in [0.15, 0.2) is 66.1 Å². The smallest absolute Gasteiger partial charge is 0.253 e. The molecule has 0 aliphatic rings. The van der Waals surface area contributed by atoms with Crippen molar-refractivity contribution in [1.29, 1.82) is 0 Å². The van der Waals surface area contributed by atoms with E-state index in [1.807, 2.05) is 30.3 Å². The van der Waals surface area contributed by atoms with E-state index in [4.69, 9.17) is 11.6 Å². The maximum absolute atomic E-state index is 12.9. The summed E-state index contributed by atoms with van der Waals surface area (Å²) in [6.45, 7) is 0.349. The summed E-state index contributed by atoms with van der Waals surface area (Å²) in [5, 5.41) is 7.13. The summed E-state index contributed by atoms with van der Waals surface area (Å²) < 4.78 is 27.9. The molecule has 3 rings (SSSR count). The van der Waals surface area contributed by atoms with Crippen LogP contribution in [0.4, 0.5) is 0 Å². The molecule has 0 spiro atoms. The second-order valence-electron chi connectivity index (χ2n) is 5.90. The Morgan fingerprint density at radius 2 is 1.96 bits per heavy atom. The lowest BCUT2D eigenvalue weighted by Crippen LogP contribution is -2.32. The molecule has 0 aliphatic heterocycles. The van der Waals surface area contributed by atoms with E-state index < -0.39 is 22.0 Å². The molecule has 1 heterocycles. The minimum atomic E-state index is -3.70. The molecule has 2 N–H and O–H groups in total. The van der Waals surface area contributed by atoms with Crippen LogP contribution in [0.5, 0.6) is 0 Å². The number of aromatic nitrogens is 3. The number of nitrogens with one attached hydrogen (secondary N) is 2. The van der Waals surface area contributed by atoms with Crippen molar-refractivity contribution in [3.05, 3.63) is 77.3 Å². The minimum Gasteiger partial charge on any atom is -0.343 e. The van der Waals surface area contributed by atoms with Gasteiger partial charge in [-0.3, -0.25) is 9.48 Å².